The Morgan fingerprint density at radius 3 is 2.60 bits per heavy atom. The summed E-state index contributed by atoms with van der Waals surface area (Å²) in [6.07, 6.45) is 6.92. The molecule has 1 unspecified atom stereocenters. The molecule has 0 spiro atoms. The smallest absolute Gasteiger partial charge is 0.0406 e. The van der Waals surface area contributed by atoms with E-state index < -0.39 is 0 Å². The number of benzene rings is 1. The third-order valence-electron chi connectivity index (χ3n) is 2.86. The minimum Gasteiger partial charge on any atom is -0.324 e. The third kappa shape index (κ3) is 2.83. The molecular weight excluding hydrogens is 206 g/mol. The Morgan fingerprint density at radius 1 is 1.13 bits per heavy atom. The normalized spacial score (nSPS) is 22.0. The van der Waals surface area contributed by atoms with Crippen molar-refractivity contribution in [1.82, 2.24) is 0 Å². The fourth-order valence-corrected chi connectivity index (χ4v) is 2.15. The van der Waals surface area contributed by atoms with Gasteiger partial charge in [0, 0.05) is 11.1 Å². The molecule has 0 aromatic heterocycles. The summed E-state index contributed by atoms with van der Waals surface area (Å²) in [5.74, 6) is 0. The summed E-state index contributed by atoms with van der Waals surface area (Å²) in [7, 11) is 0. The quantitative estimate of drug-likeness (QED) is 0.770. The summed E-state index contributed by atoms with van der Waals surface area (Å²) < 4.78 is 0. The van der Waals surface area contributed by atoms with Crippen LogP contribution in [-0.2, 0) is 0 Å². The predicted octanol–water partition coefficient (Wildman–Crippen LogP) is 3.62. The molecule has 80 valence electrons. The average Bonchev–Trinajstić information content (AvgIpc) is 2.44. The zero-order valence-corrected chi connectivity index (χ0v) is 9.50. The van der Waals surface area contributed by atoms with E-state index in [1.54, 1.807) is 0 Å². The van der Waals surface area contributed by atoms with Crippen LogP contribution in [0.4, 0.5) is 0 Å². The largest absolute Gasteiger partial charge is 0.324 e. The minimum atomic E-state index is 0.221. The van der Waals surface area contributed by atoms with E-state index in [1.165, 1.54) is 24.0 Å². The van der Waals surface area contributed by atoms with Crippen molar-refractivity contribution in [2.24, 2.45) is 5.73 Å². The second kappa shape index (κ2) is 4.82. The summed E-state index contributed by atoms with van der Waals surface area (Å²) >= 11 is 5.87. The van der Waals surface area contributed by atoms with Gasteiger partial charge >= 0.3 is 0 Å². The van der Waals surface area contributed by atoms with E-state index in [0.717, 1.165) is 17.9 Å². The van der Waals surface area contributed by atoms with Crippen LogP contribution >= 0.6 is 11.6 Å². The highest BCUT2D eigenvalue weighted by molar-refractivity contribution is 6.30. The van der Waals surface area contributed by atoms with Crippen LogP contribution in [0.15, 0.2) is 30.3 Å². The van der Waals surface area contributed by atoms with E-state index in [9.17, 15) is 0 Å². The Bertz CT molecular complexity index is 353. The lowest BCUT2D eigenvalue weighted by Gasteiger charge is -2.07. The van der Waals surface area contributed by atoms with E-state index in [-0.39, 0.29) is 6.04 Å². The van der Waals surface area contributed by atoms with E-state index >= 15 is 0 Å². The Morgan fingerprint density at radius 2 is 1.87 bits per heavy atom. The molecule has 2 N–H and O–H groups in total. The van der Waals surface area contributed by atoms with Crippen LogP contribution < -0.4 is 5.73 Å². The summed E-state index contributed by atoms with van der Waals surface area (Å²) in [5, 5.41) is 0.789. The standard InChI is InChI=1S/C13H16ClN/c14-12-7-5-10(6-8-12)11-3-1-2-4-13(15)9-11/h5-9,13H,1-4,15H2. The monoisotopic (exact) mass is 221 g/mol. The molecule has 0 radical (unpaired) electrons. The van der Waals surface area contributed by atoms with Gasteiger partial charge in [0.1, 0.15) is 0 Å². The van der Waals surface area contributed by atoms with Crippen LogP contribution in [0.1, 0.15) is 31.2 Å². The maximum absolute atomic E-state index is 5.99. The van der Waals surface area contributed by atoms with Gasteiger partial charge in [-0.15, -0.1) is 0 Å². The number of rotatable bonds is 1. The van der Waals surface area contributed by atoms with Crippen molar-refractivity contribution in [3.8, 4) is 0 Å². The molecule has 15 heavy (non-hydrogen) atoms. The van der Waals surface area contributed by atoms with Crippen LogP contribution in [0.25, 0.3) is 5.57 Å². The first kappa shape index (κ1) is 10.7. The van der Waals surface area contributed by atoms with Crippen molar-refractivity contribution in [3.63, 3.8) is 0 Å². The number of allylic oxidation sites excluding steroid dienone is 1. The van der Waals surface area contributed by atoms with Gasteiger partial charge in [-0.2, -0.15) is 0 Å². The maximum atomic E-state index is 5.99. The first-order valence-corrected chi connectivity index (χ1v) is 5.86. The summed E-state index contributed by atoms with van der Waals surface area (Å²) in [4.78, 5) is 0. The van der Waals surface area contributed by atoms with Gasteiger partial charge in [-0.1, -0.05) is 36.2 Å². The zero-order valence-electron chi connectivity index (χ0n) is 8.75. The highest BCUT2D eigenvalue weighted by Crippen LogP contribution is 2.26. The molecule has 0 aliphatic heterocycles. The molecule has 2 rings (SSSR count). The molecule has 0 amide bonds. The molecule has 1 aromatic rings. The molecule has 1 aliphatic rings. The number of nitrogens with two attached hydrogens (primary N) is 1. The molecule has 0 bridgehead atoms. The van der Waals surface area contributed by atoms with Crippen molar-refractivity contribution >= 4 is 17.2 Å². The van der Waals surface area contributed by atoms with Gasteiger partial charge < -0.3 is 5.73 Å². The van der Waals surface area contributed by atoms with Crippen molar-refractivity contribution < 1.29 is 0 Å². The van der Waals surface area contributed by atoms with Gasteiger partial charge in [-0.25, -0.2) is 0 Å². The van der Waals surface area contributed by atoms with Crippen molar-refractivity contribution in [3.05, 3.63) is 40.9 Å². The number of halogens is 1. The van der Waals surface area contributed by atoms with Crippen LogP contribution in [0.5, 0.6) is 0 Å². The fraction of sp³-hybridized carbons (Fsp3) is 0.385. The fourth-order valence-electron chi connectivity index (χ4n) is 2.03. The van der Waals surface area contributed by atoms with Crippen molar-refractivity contribution in [2.75, 3.05) is 0 Å². The SMILES string of the molecule is NC1C=C(c2ccc(Cl)cc2)CCCC1. The molecule has 1 aromatic carbocycles. The van der Waals surface area contributed by atoms with Crippen LogP contribution in [0.3, 0.4) is 0 Å². The van der Waals surface area contributed by atoms with Gasteiger partial charge in [0.15, 0.2) is 0 Å². The van der Waals surface area contributed by atoms with E-state index in [4.69, 9.17) is 17.3 Å². The second-order valence-electron chi connectivity index (χ2n) is 4.11. The van der Waals surface area contributed by atoms with Crippen molar-refractivity contribution in [1.29, 1.82) is 0 Å². The van der Waals surface area contributed by atoms with E-state index in [2.05, 4.69) is 18.2 Å². The van der Waals surface area contributed by atoms with Gasteiger partial charge in [-0.05, 0) is 42.5 Å². The molecule has 1 nitrogen and oxygen atoms in total. The summed E-state index contributed by atoms with van der Waals surface area (Å²) in [5.41, 5.74) is 8.62. The predicted molar refractivity (Wildman–Crippen MR) is 65.9 cm³/mol. The van der Waals surface area contributed by atoms with Crippen LogP contribution in [0, 0.1) is 0 Å². The molecule has 0 saturated heterocycles. The van der Waals surface area contributed by atoms with Gasteiger partial charge in [0.05, 0.1) is 0 Å². The third-order valence-corrected chi connectivity index (χ3v) is 3.12. The zero-order chi connectivity index (χ0) is 10.7. The van der Waals surface area contributed by atoms with Crippen LogP contribution in [0.2, 0.25) is 5.02 Å². The lowest BCUT2D eigenvalue weighted by molar-refractivity contribution is 0.658. The van der Waals surface area contributed by atoms with Gasteiger partial charge in [0.25, 0.3) is 0 Å². The number of hydrogen-bond donors (Lipinski definition) is 1. The molecule has 0 fully saturated rings. The lowest BCUT2D eigenvalue weighted by atomic mass is 10.0. The first-order valence-electron chi connectivity index (χ1n) is 5.48. The Labute approximate surface area is 95.9 Å². The van der Waals surface area contributed by atoms with E-state index in [0.29, 0.717) is 0 Å². The van der Waals surface area contributed by atoms with Crippen molar-refractivity contribution in [2.45, 2.75) is 31.7 Å². The highest BCUT2D eigenvalue weighted by Gasteiger charge is 2.09. The summed E-state index contributed by atoms with van der Waals surface area (Å²) in [6, 6.07) is 8.25. The molecule has 0 saturated carbocycles. The topological polar surface area (TPSA) is 26.0 Å². The summed E-state index contributed by atoms with van der Waals surface area (Å²) in [6.45, 7) is 0. The average molecular weight is 222 g/mol. The molecule has 1 atom stereocenters. The van der Waals surface area contributed by atoms with Gasteiger partial charge in [-0.3, -0.25) is 0 Å². The molecule has 1 aliphatic carbocycles. The molecule has 2 heteroatoms. The minimum absolute atomic E-state index is 0.221. The number of hydrogen-bond acceptors (Lipinski definition) is 1. The van der Waals surface area contributed by atoms with E-state index in [1.807, 2.05) is 12.1 Å². The highest BCUT2D eigenvalue weighted by atomic mass is 35.5. The molecule has 0 heterocycles. The second-order valence-corrected chi connectivity index (χ2v) is 4.54. The Hall–Kier alpha value is -0.790. The van der Waals surface area contributed by atoms with Crippen LogP contribution in [-0.4, -0.2) is 6.04 Å². The lowest BCUT2D eigenvalue weighted by Crippen LogP contribution is -2.15. The maximum Gasteiger partial charge on any atom is 0.0406 e. The Balaban J connectivity index is 2.24. The van der Waals surface area contributed by atoms with Gasteiger partial charge in [0.2, 0.25) is 0 Å². The molecular formula is C13H16ClN. The first-order chi connectivity index (χ1) is 7.25. The Kier molecular flexibility index (Phi) is 3.45.